The molecule has 1 aliphatic rings. The topological polar surface area (TPSA) is 38.9 Å². The number of aromatic nitrogens is 2. The van der Waals surface area contributed by atoms with Crippen LogP contribution in [0.5, 0.6) is 0 Å². The van der Waals surface area contributed by atoms with Gasteiger partial charge in [0.25, 0.3) is 0 Å². The zero-order valence-corrected chi connectivity index (χ0v) is 32.0. The van der Waals surface area contributed by atoms with Crippen molar-refractivity contribution in [2.45, 2.75) is 64.7 Å². The predicted octanol–water partition coefficient (Wildman–Crippen LogP) is 12.2. The standard InChI is InChI=1S/C31H24NO.C15H16N.Ir/c1-30(2)25-10-7-17-32-27(25)24-16-15-23-22-14-13-20-19-9-6-5-8-18(19)11-12-21(20)28(22)33-29(23)26(24)31(30,3)4;1-15(2,3)13-9-10-16-14(11-13)12-7-5-4-6-8-12;/h5-15,17H,1-4H3;4-7,9-11H,1-3H3;/q2*-1;. The van der Waals surface area contributed by atoms with E-state index >= 15 is 0 Å². The predicted molar refractivity (Wildman–Crippen MR) is 204 cm³/mol. The van der Waals surface area contributed by atoms with Crippen molar-refractivity contribution in [2.24, 2.45) is 0 Å². The maximum atomic E-state index is 6.81. The van der Waals surface area contributed by atoms with Gasteiger partial charge in [0, 0.05) is 37.9 Å². The van der Waals surface area contributed by atoms with Gasteiger partial charge >= 0.3 is 0 Å². The maximum absolute atomic E-state index is 6.81. The number of furan rings is 1. The number of hydrogen-bond acceptors (Lipinski definition) is 3. The van der Waals surface area contributed by atoms with E-state index in [0.717, 1.165) is 49.8 Å². The van der Waals surface area contributed by atoms with Gasteiger partial charge in [-0.15, -0.1) is 53.6 Å². The molecule has 0 spiro atoms. The molecule has 0 saturated carbocycles. The first-order valence-corrected chi connectivity index (χ1v) is 17.1. The van der Waals surface area contributed by atoms with Crippen molar-refractivity contribution < 1.29 is 24.5 Å². The molecule has 0 atom stereocenters. The Bertz CT molecular complexity index is 2540. The largest absolute Gasteiger partial charge is 0.475 e. The van der Waals surface area contributed by atoms with Crippen LogP contribution in [0.3, 0.4) is 0 Å². The van der Waals surface area contributed by atoms with Crippen molar-refractivity contribution in [1.29, 1.82) is 0 Å². The van der Waals surface area contributed by atoms with E-state index in [1.807, 2.05) is 42.7 Å². The fraction of sp³-hybridized carbons (Fsp3) is 0.217. The van der Waals surface area contributed by atoms with Crippen LogP contribution in [0.15, 0.2) is 120 Å². The van der Waals surface area contributed by atoms with Crippen LogP contribution >= 0.6 is 0 Å². The molecule has 50 heavy (non-hydrogen) atoms. The molecule has 3 nitrogen and oxygen atoms in total. The van der Waals surface area contributed by atoms with Gasteiger partial charge < -0.3 is 14.4 Å². The van der Waals surface area contributed by atoms with Gasteiger partial charge in [0.15, 0.2) is 0 Å². The van der Waals surface area contributed by atoms with Crippen LogP contribution in [-0.4, -0.2) is 9.97 Å². The van der Waals surface area contributed by atoms with Crippen LogP contribution in [-0.2, 0) is 36.4 Å². The van der Waals surface area contributed by atoms with Crippen molar-refractivity contribution in [3.05, 3.63) is 144 Å². The Morgan fingerprint density at radius 1 is 0.640 bits per heavy atom. The van der Waals surface area contributed by atoms with Gasteiger partial charge in [-0.1, -0.05) is 126 Å². The third-order valence-electron chi connectivity index (χ3n) is 11.0. The van der Waals surface area contributed by atoms with E-state index in [2.05, 4.69) is 138 Å². The monoisotopic (exact) mass is 829 g/mol. The van der Waals surface area contributed by atoms with Crippen LogP contribution in [0.2, 0.25) is 0 Å². The first-order chi connectivity index (χ1) is 23.5. The molecule has 0 unspecified atom stereocenters. The molecule has 1 radical (unpaired) electrons. The third kappa shape index (κ3) is 5.29. The Labute approximate surface area is 308 Å². The van der Waals surface area contributed by atoms with E-state index in [9.17, 15) is 0 Å². The molecule has 0 amide bonds. The number of pyridine rings is 2. The van der Waals surface area contributed by atoms with E-state index in [1.165, 1.54) is 32.8 Å². The molecule has 8 aromatic rings. The van der Waals surface area contributed by atoms with Crippen molar-refractivity contribution in [1.82, 2.24) is 9.97 Å². The number of rotatable bonds is 1. The average Bonchev–Trinajstić information content (AvgIpc) is 3.50. The Kier molecular flexibility index (Phi) is 8.33. The number of nitrogens with zero attached hydrogens (tertiary/aromatic N) is 2. The summed E-state index contributed by atoms with van der Waals surface area (Å²) in [5, 5.41) is 7.16. The first kappa shape index (κ1) is 33.8. The van der Waals surface area contributed by atoms with E-state index < -0.39 is 0 Å². The SMILES string of the molecule is CC(C)(C)c1ccnc(-c2[c-]cccc2)c1.CC1(C)c2cccnc2-c2[c-]cc3c(oc4c3ccc3c5ccccc5ccc34)c2C1(C)C.[Ir]. The van der Waals surface area contributed by atoms with Crippen LogP contribution in [0.25, 0.3) is 66.0 Å². The quantitative estimate of drug-likeness (QED) is 0.122. The molecule has 0 aliphatic heterocycles. The van der Waals surface area contributed by atoms with E-state index in [4.69, 9.17) is 9.40 Å². The van der Waals surface area contributed by atoms with Crippen molar-refractivity contribution in [3.63, 3.8) is 0 Å². The summed E-state index contributed by atoms with van der Waals surface area (Å²) in [6.07, 6.45) is 3.75. The number of hydrogen-bond donors (Lipinski definition) is 0. The first-order valence-electron chi connectivity index (χ1n) is 17.1. The molecule has 3 aromatic heterocycles. The minimum absolute atomic E-state index is 0. The summed E-state index contributed by atoms with van der Waals surface area (Å²) in [6.45, 7) is 15.9. The molecule has 0 saturated heterocycles. The summed E-state index contributed by atoms with van der Waals surface area (Å²) in [6, 6.07) is 42.7. The van der Waals surface area contributed by atoms with Crippen LogP contribution in [0, 0.1) is 12.1 Å². The normalized spacial score (nSPS) is 14.5. The molecule has 0 fully saturated rings. The summed E-state index contributed by atoms with van der Waals surface area (Å²) >= 11 is 0. The molecule has 9 rings (SSSR count). The van der Waals surface area contributed by atoms with Gasteiger partial charge in [0.05, 0.1) is 5.58 Å². The zero-order chi connectivity index (χ0) is 34.1. The number of benzene rings is 5. The van der Waals surface area contributed by atoms with E-state index in [0.29, 0.717) is 0 Å². The van der Waals surface area contributed by atoms with Crippen molar-refractivity contribution in [2.75, 3.05) is 0 Å². The second kappa shape index (κ2) is 12.3. The molecule has 251 valence electrons. The second-order valence-corrected chi connectivity index (χ2v) is 15.3. The van der Waals surface area contributed by atoms with Gasteiger partial charge in [-0.2, -0.15) is 0 Å². The summed E-state index contributed by atoms with van der Waals surface area (Å²) in [4.78, 5) is 9.19. The molecule has 1 aliphatic carbocycles. The molecular formula is C46H40IrN2O-2. The summed E-state index contributed by atoms with van der Waals surface area (Å²) in [5.74, 6) is 0. The third-order valence-corrected chi connectivity index (χ3v) is 11.0. The van der Waals surface area contributed by atoms with Crippen molar-refractivity contribution in [3.8, 4) is 22.5 Å². The van der Waals surface area contributed by atoms with Crippen LogP contribution < -0.4 is 0 Å². The fourth-order valence-corrected chi connectivity index (χ4v) is 7.46. The number of fused-ring (bicyclic) bond motifs is 11. The average molecular weight is 829 g/mol. The Balaban J connectivity index is 0.000000196. The summed E-state index contributed by atoms with van der Waals surface area (Å²) in [7, 11) is 0. The van der Waals surface area contributed by atoms with Crippen LogP contribution in [0.1, 0.15) is 65.2 Å². The van der Waals surface area contributed by atoms with E-state index in [1.54, 1.807) is 0 Å². The van der Waals surface area contributed by atoms with Gasteiger partial charge in [-0.25, -0.2) is 0 Å². The van der Waals surface area contributed by atoms with E-state index in [-0.39, 0.29) is 36.4 Å². The van der Waals surface area contributed by atoms with Gasteiger partial charge in [0.2, 0.25) is 0 Å². The molecule has 5 aromatic carbocycles. The molecular weight excluding hydrogens is 789 g/mol. The van der Waals surface area contributed by atoms with Crippen LogP contribution in [0.4, 0.5) is 0 Å². The summed E-state index contributed by atoms with van der Waals surface area (Å²) in [5.41, 5.74) is 9.72. The second-order valence-electron chi connectivity index (χ2n) is 15.3. The Morgan fingerprint density at radius 2 is 1.38 bits per heavy atom. The maximum Gasteiger partial charge on any atom is 0.131 e. The Morgan fingerprint density at radius 3 is 2.16 bits per heavy atom. The zero-order valence-electron chi connectivity index (χ0n) is 29.6. The molecule has 4 heteroatoms. The van der Waals surface area contributed by atoms with Gasteiger partial charge in [-0.05, 0) is 66.9 Å². The van der Waals surface area contributed by atoms with Gasteiger partial charge in [-0.3, -0.25) is 0 Å². The molecule has 0 bridgehead atoms. The minimum Gasteiger partial charge on any atom is -0.475 e. The Hall–Kier alpha value is -4.63. The molecule has 0 N–H and O–H groups in total. The summed E-state index contributed by atoms with van der Waals surface area (Å²) < 4.78 is 6.81. The fourth-order valence-electron chi connectivity index (χ4n) is 7.46. The van der Waals surface area contributed by atoms with Gasteiger partial charge in [0.1, 0.15) is 5.58 Å². The molecule has 3 heterocycles. The minimum atomic E-state index is -0.162. The smallest absolute Gasteiger partial charge is 0.131 e. The van der Waals surface area contributed by atoms with Crippen molar-refractivity contribution >= 4 is 43.5 Å².